The van der Waals surface area contributed by atoms with E-state index in [2.05, 4.69) is 16.1 Å². The predicted molar refractivity (Wildman–Crippen MR) is 85.0 cm³/mol. The maximum Gasteiger partial charge on any atom is 0.267 e. The highest BCUT2D eigenvalue weighted by atomic mass is 32.2. The Balaban J connectivity index is 2.08. The van der Waals surface area contributed by atoms with Crippen molar-refractivity contribution >= 4 is 15.7 Å². The lowest BCUT2D eigenvalue weighted by atomic mass is 10.2. The molecule has 0 atom stereocenters. The molecule has 0 fully saturated rings. The number of benzene rings is 1. The largest absolute Gasteiger partial charge is 0.467 e. The summed E-state index contributed by atoms with van der Waals surface area (Å²) in [7, 11) is -3.80. The van der Waals surface area contributed by atoms with Gasteiger partial charge in [-0.15, -0.1) is 6.42 Å². The zero-order chi connectivity index (χ0) is 16.3. The van der Waals surface area contributed by atoms with Crippen LogP contribution in [-0.2, 0) is 16.6 Å². The minimum atomic E-state index is -3.80. The van der Waals surface area contributed by atoms with E-state index in [1.807, 2.05) is 0 Å². The van der Waals surface area contributed by atoms with Gasteiger partial charge in [-0.05, 0) is 30.3 Å². The Morgan fingerprint density at radius 3 is 2.83 bits per heavy atom. The van der Waals surface area contributed by atoms with Crippen LogP contribution < -0.4 is 4.31 Å². The van der Waals surface area contributed by atoms with E-state index in [4.69, 9.17) is 10.8 Å². The Hall–Kier alpha value is -2.98. The van der Waals surface area contributed by atoms with Crippen LogP contribution in [0.1, 0.15) is 11.3 Å². The lowest BCUT2D eigenvalue weighted by Gasteiger charge is -2.23. The van der Waals surface area contributed by atoms with Crippen LogP contribution in [0.4, 0.5) is 5.69 Å². The van der Waals surface area contributed by atoms with Gasteiger partial charge in [-0.1, -0.05) is 12.0 Å². The smallest absolute Gasteiger partial charge is 0.267 e. The number of furan rings is 1. The molecular weight excluding hydrogens is 314 g/mol. The van der Waals surface area contributed by atoms with E-state index >= 15 is 0 Å². The van der Waals surface area contributed by atoms with E-state index in [0.717, 1.165) is 0 Å². The molecule has 0 bridgehead atoms. The summed E-state index contributed by atoms with van der Waals surface area (Å²) in [5, 5.41) is 6.22. The van der Waals surface area contributed by atoms with Crippen LogP contribution in [0, 0.1) is 12.3 Å². The highest BCUT2D eigenvalue weighted by Crippen LogP contribution is 2.26. The molecule has 1 aromatic carbocycles. The topological polar surface area (TPSA) is 79.2 Å². The molecule has 0 aliphatic heterocycles. The van der Waals surface area contributed by atoms with Crippen LogP contribution in [0.3, 0.4) is 0 Å². The van der Waals surface area contributed by atoms with Crippen molar-refractivity contribution in [3.05, 3.63) is 66.4 Å². The van der Waals surface area contributed by atoms with Gasteiger partial charge in [-0.2, -0.15) is 5.10 Å². The number of sulfonamides is 1. The van der Waals surface area contributed by atoms with Crippen LogP contribution in [0.5, 0.6) is 0 Å². The second-order valence-corrected chi connectivity index (χ2v) is 6.58. The molecule has 0 saturated carbocycles. The maximum atomic E-state index is 12.9. The minimum Gasteiger partial charge on any atom is -0.467 e. The number of aromatic nitrogens is 2. The van der Waals surface area contributed by atoms with Gasteiger partial charge in [0, 0.05) is 11.8 Å². The third-order valence-electron chi connectivity index (χ3n) is 3.24. The van der Waals surface area contributed by atoms with Gasteiger partial charge < -0.3 is 4.42 Å². The first-order valence-corrected chi connectivity index (χ1v) is 8.16. The van der Waals surface area contributed by atoms with Crippen molar-refractivity contribution in [2.24, 2.45) is 0 Å². The molecule has 2 heterocycles. The molecule has 2 aromatic heterocycles. The quantitative estimate of drug-likeness (QED) is 0.730. The first-order valence-electron chi connectivity index (χ1n) is 6.72. The summed E-state index contributed by atoms with van der Waals surface area (Å²) < 4.78 is 32.3. The number of hydrogen-bond acceptors (Lipinski definition) is 4. The van der Waals surface area contributed by atoms with Crippen LogP contribution in [0.2, 0.25) is 0 Å². The van der Waals surface area contributed by atoms with E-state index in [1.54, 1.807) is 36.4 Å². The first-order chi connectivity index (χ1) is 11.1. The van der Waals surface area contributed by atoms with Crippen molar-refractivity contribution < 1.29 is 12.8 Å². The summed E-state index contributed by atoms with van der Waals surface area (Å²) in [6.07, 6.45) is 9.49. The molecular formula is C16H13N3O3S. The van der Waals surface area contributed by atoms with Gasteiger partial charge in [0.05, 0.1) is 24.7 Å². The van der Waals surface area contributed by atoms with Crippen molar-refractivity contribution in [1.29, 1.82) is 0 Å². The zero-order valence-electron chi connectivity index (χ0n) is 12.0. The molecule has 23 heavy (non-hydrogen) atoms. The number of aromatic amines is 1. The molecule has 0 aliphatic carbocycles. The molecule has 3 rings (SSSR count). The van der Waals surface area contributed by atoms with Crippen LogP contribution >= 0.6 is 0 Å². The summed E-state index contributed by atoms with van der Waals surface area (Å²) in [6, 6.07) is 10.2. The molecule has 6 nitrogen and oxygen atoms in total. The third kappa shape index (κ3) is 2.98. The number of nitrogens with one attached hydrogen (secondary N) is 1. The van der Waals surface area contributed by atoms with E-state index in [9.17, 15) is 8.42 Å². The molecule has 0 amide bonds. The maximum absolute atomic E-state index is 12.9. The van der Waals surface area contributed by atoms with Gasteiger partial charge in [0.1, 0.15) is 10.7 Å². The number of terminal acetylenes is 1. The second kappa shape index (κ2) is 6.02. The summed E-state index contributed by atoms with van der Waals surface area (Å²) in [5.74, 6) is 3.02. The Kier molecular flexibility index (Phi) is 3.91. The summed E-state index contributed by atoms with van der Waals surface area (Å²) in [5.41, 5.74) is 1.05. The average Bonchev–Trinajstić information content (AvgIpc) is 3.26. The average molecular weight is 327 g/mol. The van der Waals surface area contributed by atoms with Crippen LogP contribution in [0.15, 0.2) is 64.4 Å². The van der Waals surface area contributed by atoms with E-state index in [-0.39, 0.29) is 11.4 Å². The third-order valence-corrected chi connectivity index (χ3v) is 4.98. The van der Waals surface area contributed by atoms with E-state index < -0.39 is 10.0 Å². The Labute approximate surface area is 133 Å². The van der Waals surface area contributed by atoms with Crippen molar-refractivity contribution in [2.75, 3.05) is 4.31 Å². The number of hydrogen-bond donors (Lipinski definition) is 1. The Morgan fingerprint density at radius 2 is 2.17 bits per heavy atom. The van der Waals surface area contributed by atoms with Gasteiger partial charge in [0.25, 0.3) is 10.0 Å². The van der Waals surface area contributed by atoms with Gasteiger partial charge in [0.2, 0.25) is 0 Å². The van der Waals surface area contributed by atoms with E-state index in [1.165, 1.54) is 23.0 Å². The van der Waals surface area contributed by atoms with Gasteiger partial charge in [-0.3, -0.25) is 9.40 Å². The minimum absolute atomic E-state index is 0.0501. The number of nitrogens with zero attached hydrogens (tertiary/aromatic N) is 2. The number of rotatable bonds is 5. The fourth-order valence-corrected chi connectivity index (χ4v) is 3.45. The summed E-state index contributed by atoms with van der Waals surface area (Å²) in [6.45, 7) is 0.0501. The predicted octanol–water partition coefficient (Wildman–Crippen LogP) is 2.38. The van der Waals surface area contributed by atoms with Gasteiger partial charge in [0.15, 0.2) is 0 Å². The Morgan fingerprint density at radius 1 is 1.30 bits per heavy atom. The van der Waals surface area contributed by atoms with Crippen molar-refractivity contribution in [3.63, 3.8) is 0 Å². The standard InChI is InChI=1S/C16H13N3O3S/c1-2-13-5-3-6-14(9-13)19(12-15-7-4-8-22-15)23(20,21)16-10-17-18-11-16/h1,3-11H,12H2,(H,17,18). The van der Waals surface area contributed by atoms with Crippen LogP contribution in [-0.4, -0.2) is 18.6 Å². The summed E-state index contributed by atoms with van der Waals surface area (Å²) >= 11 is 0. The monoisotopic (exact) mass is 327 g/mol. The zero-order valence-corrected chi connectivity index (χ0v) is 12.8. The lowest BCUT2D eigenvalue weighted by Crippen LogP contribution is -2.30. The molecule has 0 aliphatic rings. The van der Waals surface area contributed by atoms with Crippen LogP contribution in [0.25, 0.3) is 0 Å². The SMILES string of the molecule is C#Cc1cccc(N(Cc2ccco2)S(=O)(=O)c2cn[nH]c2)c1. The Bertz CT molecular complexity index is 923. The molecule has 116 valence electrons. The molecule has 0 radical (unpaired) electrons. The second-order valence-electron chi connectivity index (χ2n) is 4.72. The number of H-pyrrole nitrogens is 1. The fourth-order valence-electron chi connectivity index (χ4n) is 2.12. The molecule has 1 N–H and O–H groups in total. The van der Waals surface area contributed by atoms with Gasteiger partial charge in [-0.25, -0.2) is 8.42 Å². The van der Waals surface area contributed by atoms with Crippen molar-refractivity contribution in [1.82, 2.24) is 10.2 Å². The summed E-state index contributed by atoms with van der Waals surface area (Å²) in [4.78, 5) is 0.0650. The lowest BCUT2D eigenvalue weighted by molar-refractivity contribution is 0.508. The molecule has 0 saturated heterocycles. The fraction of sp³-hybridized carbons (Fsp3) is 0.0625. The highest BCUT2D eigenvalue weighted by Gasteiger charge is 2.27. The normalized spacial score (nSPS) is 11.1. The molecule has 0 spiro atoms. The highest BCUT2D eigenvalue weighted by molar-refractivity contribution is 7.92. The van der Waals surface area contributed by atoms with E-state index in [0.29, 0.717) is 17.0 Å². The van der Waals surface area contributed by atoms with Crippen molar-refractivity contribution in [3.8, 4) is 12.3 Å². The molecule has 0 unspecified atom stereocenters. The first kappa shape index (κ1) is 14.9. The molecule has 3 aromatic rings. The molecule has 7 heteroatoms. The van der Waals surface area contributed by atoms with Crippen molar-refractivity contribution in [2.45, 2.75) is 11.4 Å². The number of anilines is 1. The van der Waals surface area contributed by atoms with Gasteiger partial charge >= 0.3 is 0 Å².